The van der Waals surface area contributed by atoms with E-state index in [2.05, 4.69) is 5.32 Å². The molecule has 1 heterocycles. The fraction of sp³-hybridized carbons (Fsp3) is 0.583. The number of carbonyl (C=O) groups excluding carboxylic acids is 1. The molecular weight excluding hydrogens is 226 g/mol. The lowest BCUT2D eigenvalue weighted by Gasteiger charge is -2.28. The van der Waals surface area contributed by atoms with Gasteiger partial charge in [0, 0.05) is 17.0 Å². The molecule has 1 aromatic heterocycles. The number of rotatable bonds is 5. The van der Waals surface area contributed by atoms with Gasteiger partial charge in [-0.3, -0.25) is 4.79 Å². The van der Waals surface area contributed by atoms with Gasteiger partial charge in [-0.2, -0.15) is 0 Å². The maximum Gasteiger partial charge on any atom is 0.287 e. The Balaban J connectivity index is 2.73. The Morgan fingerprint density at radius 1 is 1.62 bits per heavy atom. The van der Waals surface area contributed by atoms with Gasteiger partial charge in [-0.25, -0.2) is 0 Å². The highest BCUT2D eigenvalue weighted by Gasteiger charge is 2.25. The van der Waals surface area contributed by atoms with Gasteiger partial charge in [0.2, 0.25) is 0 Å². The number of alkyl halides is 1. The number of halogens is 1. The molecule has 0 saturated carbocycles. The van der Waals surface area contributed by atoms with E-state index < -0.39 is 0 Å². The molecule has 1 N–H and O–H groups in total. The highest BCUT2D eigenvalue weighted by molar-refractivity contribution is 6.17. The predicted molar refractivity (Wildman–Crippen MR) is 64.9 cm³/mol. The largest absolute Gasteiger partial charge is 0.459 e. The maximum absolute atomic E-state index is 11.9. The molecule has 4 heteroatoms. The molecule has 1 amide bonds. The first-order valence-electron chi connectivity index (χ1n) is 5.45. The van der Waals surface area contributed by atoms with E-state index >= 15 is 0 Å². The van der Waals surface area contributed by atoms with Crippen LogP contribution in [0.1, 0.15) is 42.8 Å². The zero-order valence-corrected chi connectivity index (χ0v) is 10.7. The minimum absolute atomic E-state index is 0.169. The number of aryl methyl sites for hydroxylation is 1. The Morgan fingerprint density at radius 3 is 2.75 bits per heavy atom. The summed E-state index contributed by atoms with van der Waals surface area (Å²) in [7, 11) is 0. The van der Waals surface area contributed by atoms with Crippen molar-refractivity contribution >= 4 is 17.5 Å². The van der Waals surface area contributed by atoms with Crippen LogP contribution in [0.3, 0.4) is 0 Å². The first kappa shape index (κ1) is 13.1. The first-order valence-corrected chi connectivity index (χ1v) is 5.98. The second-order valence-electron chi connectivity index (χ2n) is 4.24. The molecule has 1 aromatic rings. The summed E-state index contributed by atoms with van der Waals surface area (Å²) in [6.07, 6.45) is 3.11. The van der Waals surface area contributed by atoms with Crippen LogP contribution in [0.5, 0.6) is 0 Å². The monoisotopic (exact) mass is 243 g/mol. The maximum atomic E-state index is 11.9. The minimum Gasteiger partial charge on any atom is -0.459 e. The van der Waals surface area contributed by atoms with E-state index in [9.17, 15) is 4.79 Å². The van der Waals surface area contributed by atoms with Gasteiger partial charge in [0.25, 0.3) is 5.91 Å². The zero-order chi connectivity index (χ0) is 12.2. The molecular formula is C12H18ClNO2. The van der Waals surface area contributed by atoms with Gasteiger partial charge < -0.3 is 9.73 Å². The van der Waals surface area contributed by atoms with Crippen LogP contribution in [-0.4, -0.2) is 17.3 Å². The number of furan rings is 1. The zero-order valence-electron chi connectivity index (χ0n) is 9.97. The van der Waals surface area contributed by atoms with E-state index in [0.717, 1.165) is 18.4 Å². The number of nitrogens with one attached hydrogen (secondary N) is 1. The fourth-order valence-electron chi connectivity index (χ4n) is 1.47. The fourth-order valence-corrected chi connectivity index (χ4v) is 1.89. The Morgan fingerprint density at radius 2 is 2.31 bits per heavy atom. The molecule has 16 heavy (non-hydrogen) atoms. The molecule has 0 aliphatic carbocycles. The van der Waals surface area contributed by atoms with Crippen LogP contribution in [0.2, 0.25) is 0 Å². The molecule has 3 nitrogen and oxygen atoms in total. The van der Waals surface area contributed by atoms with Crippen LogP contribution in [0.4, 0.5) is 0 Å². The summed E-state index contributed by atoms with van der Waals surface area (Å²) >= 11 is 5.73. The summed E-state index contributed by atoms with van der Waals surface area (Å²) in [5.41, 5.74) is 0.583. The van der Waals surface area contributed by atoms with Gasteiger partial charge in [-0.1, -0.05) is 6.92 Å². The summed E-state index contributed by atoms with van der Waals surface area (Å²) < 4.78 is 5.15. The van der Waals surface area contributed by atoms with E-state index in [-0.39, 0.29) is 11.4 Å². The van der Waals surface area contributed by atoms with Gasteiger partial charge >= 0.3 is 0 Å². The first-order chi connectivity index (χ1) is 7.52. The lowest BCUT2D eigenvalue weighted by atomic mass is 9.95. The van der Waals surface area contributed by atoms with Crippen LogP contribution < -0.4 is 5.32 Å². The van der Waals surface area contributed by atoms with Crippen molar-refractivity contribution in [2.24, 2.45) is 0 Å². The van der Waals surface area contributed by atoms with Gasteiger partial charge in [-0.15, -0.1) is 11.6 Å². The normalized spacial score (nSPS) is 14.5. The van der Waals surface area contributed by atoms with Crippen molar-refractivity contribution in [3.63, 3.8) is 0 Å². The van der Waals surface area contributed by atoms with Crippen LogP contribution >= 0.6 is 11.6 Å². The standard InChI is InChI=1S/C12H18ClNO2/c1-4-12(3,6-7-13)14-11(15)10-9(2)5-8-16-10/h5,8H,4,6-7H2,1-3H3,(H,14,15). The average Bonchev–Trinajstić information content (AvgIpc) is 2.65. The third-order valence-electron chi connectivity index (χ3n) is 2.91. The molecule has 0 aliphatic heterocycles. The van der Waals surface area contributed by atoms with Crippen LogP contribution in [0, 0.1) is 6.92 Å². The van der Waals surface area contributed by atoms with Crippen LogP contribution in [0.15, 0.2) is 16.7 Å². The molecule has 0 radical (unpaired) electrons. The van der Waals surface area contributed by atoms with Crippen molar-refractivity contribution < 1.29 is 9.21 Å². The van der Waals surface area contributed by atoms with E-state index in [4.69, 9.17) is 16.0 Å². The molecule has 0 spiro atoms. The van der Waals surface area contributed by atoms with Crippen molar-refractivity contribution in [2.45, 2.75) is 39.2 Å². The SMILES string of the molecule is CCC(C)(CCCl)NC(=O)c1occc1C. The average molecular weight is 244 g/mol. The summed E-state index contributed by atoms with van der Waals surface area (Å²) in [6, 6.07) is 1.78. The molecule has 1 atom stereocenters. The van der Waals surface area contributed by atoms with Crippen molar-refractivity contribution in [3.8, 4) is 0 Å². The predicted octanol–water partition coefficient (Wildman–Crippen LogP) is 3.12. The molecule has 0 fully saturated rings. The number of amides is 1. The number of carbonyl (C=O) groups is 1. The van der Waals surface area contributed by atoms with Gasteiger partial charge in [-0.05, 0) is 32.8 Å². The lowest BCUT2D eigenvalue weighted by molar-refractivity contribution is 0.0872. The third kappa shape index (κ3) is 3.01. The van der Waals surface area contributed by atoms with E-state index in [1.54, 1.807) is 6.07 Å². The molecule has 0 aliphatic rings. The molecule has 90 valence electrons. The molecule has 1 rings (SSSR count). The van der Waals surface area contributed by atoms with Gasteiger partial charge in [0.15, 0.2) is 5.76 Å². The quantitative estimate of drug-likeness (QED) is 0.808. The second-order valence-corrected chi connectivity index (χ2v) is 4.62. The third-order valence-corrected chi connectivity index (χ3v) is 3.10. The van der Waals surface area contributed by atoms with Crippen LogP contribution in [0.25, 0.3) is 0 Å². The number of hydrogen-bond acceptors (Lipinski definition) is 2. The van der Waals surface area contributed by atoms with E-state index in [1.165, 1.54) is 6.26 Å². The molecule has 1 unspecified atom stereocenters. The molecule has 0 saturated heterocycles. The van der Waals surface area contributed by atoms with E-state index in [1.807, 2.05) is 20.8 Å². The summed E-state index contributed by atoms with van der Waals surface area (Å²) in [5, 5.41) is 2.97. The summed E-state index contributed by atoms with van der Waals surface area (Å²) in [4.78, 5) is 11.9. The van der Waals surface area contributed by atoms with Crippen LogP contribution in [-0.2, 0) is 0 Å². The van der Waals surface area contributed by atoms with Crippen molar-refractivity contribution in [1.82, 2.24) is 5.32 Å². The molecule has 0 bridgehead atoms. The van der Waals surface area contributed by atoms with Gasteiger partial charge in [0.1, 0.15) is 0 Å². The Kier molecular flexibility index (Phi) is 4.42. The minimum atomic E-state index is -0.266. The highest BCUT2D eigenvalue weighted by atomic mass is 35.5. The van der Waals surface area contributed by atoms with Crippen molar-refractivity contribution in [3.05, 3.63) is 23.7 Å². The highest BCUT2D eigenvalue weighted by Crippen LogP contribution is 2.17. The van der Waals surface area contributed by atoms with Crippen molar-refractivity contribution in [2.75, 3.05) is 5.88 Å². The summed E-state index contributed by atoms with van der Waals surface area (Å²) in [5.74, 6) is 0.744. The Labute approximate surface area is 101 Å². The topological polar surface area (TPSA) is 42.2 Å². The number of hydrogen-bond donors (Lipinski definition) is 1. The van der Waals surface area contributed by atoms with Gasteiger partial charge in [0.05, 0.1) is 6.26 Å². The van der Waals surface area contributed by atoms with E-state index in [0.29, 0.717) is 11.6 Å². The van der Waals surface area contributed by atoms with Crippen molar-refractivity contribution in [1.29, 1.82) is 0 Å². The smallest absolute Gasteiger partial charge is 0.287 e. The lowest BCUT2D eigenvalue weighted by Crippen LogP contribution is -2.45. The second kappa shape index (κ2) is 5.39. The Hall–Kier alpha value is -0.960. The summed E-state index contributed by atoms with van der Waals surface area (Å²) in [6.45, 7) is 5.87. The Bertz CT molecular complexity index is 362. The molecule has 0 aromatic carbocycles.